The highest BCUT2D eigenvalue weighted by molar-refractivity contribution is 7.90. The molecule has 190 valence electrons. The zero-order valence-corrected chi connectivity index (χ0v) is 21.5. The maximum atomic E-state index is 12.3. The van der Waals surface area contributed by atoms with Crippen LogP contribution in [0.25, 0.3) is 0 Å². The fraction of sp³-hybridized carbons (Fsp3) is 0.708. The number of rotatable bonds is 18. The number of unbranched alkanes of at least 4 members (excludes halogenated alkanes) is 11. The van der Waals surface area contributed by atoms with Crippen LogP contribution in [0, 0.1) is 0 Å². The van der Waals surface area contributed by atoms with Gasteiger partial charge in [-0.05, 0) is 6.42 Å². The monoisotopic (exact) mass is 486 g/mol. The maximum Gasteiger partial charge on any atom is 0.333 e. The summed E-state index contributed by atoms with van der Waals surface area (Å²) >= 11 is 0. The topological polar surface area (TPSA) is 103 Å². The van der Waals surface area contributed by atoms with Gasteiger partial charge in [-0.25, -0.2) is 17.9 Å². The predicted octanol–water partition coefficient (Wildman–Crippen LogP) is 5.86. The van der Waals surface area contributed by atoms with Gasteiger partial charge in [0.25, 0.3) is 0 Å². The van der Waals surface area contributed by atoms with Crippen LogP contribution < -0.4 is 24.2 Å². The number of carbonyl (C=O) groups is 1. The van der Waals surface area contributed by atoms with Crippen molar-refractivity contribution in [2.24, 2.45) is 0 Å². The van der Waals surface area contributed by atoms with Crippen LogP contribution in [0.2, 0.25) is 0 Å². The molecule has 2 amide bonds. The van der Waals surface area contributed by atoms with Gasteiger partial charge in [0.2, 0.25) is 10.0 Å². The van der Waals surface area contributed by atoms with Gasteiger partial charge in [0.15, 0.2) is 0 Å². The SMILES string of the molecule is CCCCCCCCCCCCCCS(=O)(=O)NC(=O)Nc1c(OC)cc(OC)cc1OC. The molecule has 0 saturated carbocycles. The summed E-state index contributed by atoms with van der Waals surface area (Å²) < 4.78 is 42.3. The van der Waals surface area contributed by atoms with Crippen molar-refractivity contribution >= 4 is 21.7 Å². The Morgan fingerprint density at radius 3 is 1.64 bits per heavy atom. The van der Waals surface area contributed by atoms with E-state index in [9.17, 15) is 13.2 Å². The molecule has 0 saturated heterocycles. The molecule has 0 atom stereocenters. The highest BCUT2D eigenvalue weighted by Crippen LogP contribution is 2.38. The van der Waals surface area contributed by atoms with Crippen molar-refractivity contribution < 1.29 is 27.4 Å². The average molecular weight is 487 g/mol. The number of methoxy groups -OCH3 is 3. The fourth-order valence-corrected chi connectivity index (χ4v) is 4.61. The highest BCUT2D eigenvalue weighted by atomic mass is 32.2. The van der Waals surface area contributed by atoms with Crippen molar-refractivity contribution in [2.45, 2.75) is 84.0 Å². The number of carbonyl (C=O) groups excluding carboxylic acids is 1. The molecule has 0 aliphatic heterocycles. The van der Waals surface area contributed by atoms with E-state index in [1.165, 1.54) is 72.7 Å². The van der Waals surface area contributed by atoms with Crippen LogP contribution in [0.4, 0.5) is 10.5 Å². The number of hydrogen-bond donors (Lipinski definition) is 2. The van der Waals surface area contributed by atoms with Crippen molar-refractivity contribution in [1.82, 2.24) is 4.72 Å². The predicted molar refractivity (Wildman–Crippen MR) is 133 cm³/mol. The van der Waals surface area contributed by atoms with E-state index in [0.717, 1.165) is 19.3 Å². The molecule has 33 heavy (non-hydrogen) atoms. The average Bonchev–Trinajstić information content (AvgIpc) is 2.79. The molecular formula is C24H42N2O6S. The Morgan fingerprint density at radius 1 is 0.758 bits per heavy atom. The number of benzene rings is 1. The van der Waals surface area contributed by atoms with Gasteiger partial charge in [-0.1, -0.05) is 77.6 Å². The number of anilines is 1. The normalized spacial score (nSPS) is 11.2. The minimum atomic E-state index is -3.73. The van der Waals surface area contributed by atoms with E-state index in [4.69, 9.17) is 14.2 Å². The van der Waals surface area contributed by atoms with Crippen LogP contribution in [0.1, 0.15) is 84.0 Å². The first-order valence-electron chi connectivity index (χ1n) is 12.0. The lowest BCUT2D eigenvalue weighted by Crippen LogP contribution is -2.36. The van der Waals surface area contributed by atoms with Crippen LogP contribution in [0.15, 0.2) is 12.1 Å². The molecule has 0 aliphatic rings. The number of sulfonamides is 1. The van der Waals surface area contributed by atoms with Crippen molar-refractivity contribution in [2.75, 3.05) is 32.4 Å². The molecule has 0 spiro atoms. The van der Waals surface area contributed by atoms with E-state index >= 15 is 0 Å². The molecular weight excluding hydrogens is 444 g/mol. The van der Waals surface area contributed by atoms with E-state index in [1.807, 2.05) is 0 Å². The number of ether oxygens (including phenoxy) is 3. The number of nitrogens with one attached hydrogen (secondary N) is 2. The van der Waals surface area contributed by atoms with Gasteiger partial charge >= 0.3 is 6.03 Å². The standard InChI is InChI=1S/C24H42N2O6S/c1-5-6-7-8-9-10-11-12-13-14-15-16-17-33(28,29)26-24(27)25-23-21(31-3)18-20(30-2)19-22(23)32-4/h18-19H,5-17H2,1-4H3,(H2,25,26,27). The summed E-state index contributed by atoms with van der Waals surface area (Å²) in [7, 11) is 0.627. The second kappa shape index (κ2) is 16.5. The smallest absolute Gasteiger partial charge is 0.333 e. The molecule has 0 aromatic heterocycles. The van der Waals surface area contributed by atoms with Gasteiger partial charge in [-0.15, -0.1) is 0 Å². The molecule has 0 heterocycles. The van der Waals surface area contributed by atoms with Gasteiger partial charge in [-0.2, -0.15) is 0 Å². The van der Waals surface area contributed by atoms with E-state index in [1.54, 1.807) is 12.1 Å². The van der Waals surface area contributed by atoms with Gasteiger partial charge in [0.05, 0.1) is 27.1 Å². The van der Waals surface area contributed by atoms with Crippen LogP contribution in [-0.2, 0) is 10.0 Å². The fourth-order valence-electron chi connectivity index (χ4n) is 3.59. The Labute approximate surface area is 199 Å². The lowest BCUT2D eigenvalue weighted by molar-refractivity contribution is 0.256. The van der Waals surface area contributed by atoms with E-state index in [-0.39, 0.29) is 11.4 Å². The molecule has 1 rings (SSSR count). The molecule has 8 nitrogen and oxygen atoms in total. The van der Waals surface area contributed by atoms with Gasteiger partial charge in [0.1, 0.15) is 22.9 Å². The third kappa shape index (κ3) is 12.0. The lowest BCUT2D eigenvalue weighted by Gasteiger charge is -2.16. The molecule has 9 heteroatoms. The maximum absolute atomic E-state index is 12.3. The summed E-state index contributed by atoms with van der Waals surface area (Å²) in [5, 5.41) is 2.50. The van der Waals surface area contributed by atoms with Crippen molar-refractivity contribution in [1.29, 1.82) is 0 Å². The van der Waals surface area contributed by atoms with Crippen LogP contribution in [0.5, 0.6) is 17.2 Å². The van der Waals surface area contributed by atoms with Gasteiger partial charge in [0, 0.05) is 12.1 Å². The minimum absolute atomic E-state index is 0.0886. The van der Waals surface area contributed by atoms with Gasteiger partial charge in [-0.3, -0.25) is 0 Å². The molecule has 0 radical (unpaired) electrons. The first-order chi connectivity index (χ1) is 15.9. The van der Waals surface area contributed by atoms with E-state index in [2.05, 4.69) is 17.0 Å². The Kier molecular flexibility index (Phi) is 14.4. The Balaban J connectivity index is 2.33. The van der Waals surface area contributed by atoms with Crippen LogP contribution >= 0.6 is 0 Å². The summed E-state index contributed by atoms with van der Waals surface area (Å²) in [5.74, 6) is 0.975. The van der Waals surface area contributed by atoms with Crippen molar-refractivity contribution in [3.63, 3.8) is 0 Å². The molecule has 0 aliphatic carbocycles. The van der Waals surface area contributed by atoms with E-state index < -0.39 is 16.1 Å². The molecule has 1 aromatic rings. The molecule has 0 bridgehead atoms. The quantitative estimate of drug-likeness (QED) is 0.252. The van der Waals surface area contributed by atoms with Crippen LogP contribution in [0.3, 0.4) is 0 Å². The zero-order valence-electron chi connectivity index (χ0n) is 20.7. The summed E-state index contributed by atoms with van der Waals surface area (Å²) in [6, 6.07) is 2.27. The summed E-state index contributed by atoms with van der Waals surface area (Å²) in [4.78, 5) is 12.3. The Morgan fingerprint density at radius 2 is 1.21 bits per heavy atom. The molecule has 0 unspecified atom stereocenters. The summed E-state index contributed by atoms with van der Waals surface area (Å²) in [6.45, 7) is 2.23. The third-order valence-corrected chi connectivity index (χ3v) is 6.79. The molecule has 2 N–H and O–H groups in total. The zero-order chi connectivity index (χ0) is 24.5. The summed E-state index contributed by atoms with van der Waals surface area (Å²) in [6.07, 6.45) is 13.9. The molecule has 1 aromatic carbocycles. The van der Waals surface area contributed by atoms with Crippen molar-refractivity contribution in [3.8, 4) is 17.2 Å². The second-order valence-corrected chi connectivity index (χ2v) is 10.0. The van der Waals surface area contributed by atoms with E-state index in [0.29, 0.717) is 23.7 Å². The Hall–Kier alpha value is -2.16. The molecule has 0 fully saturated rings. The highest BCUT2D eigenvalue weighted by Gasteiger charge is 2.19. The number of hydrogen-bond acceptors (Lipinski definition) is 6. The van der Waals surface area contributed by atoms with Crippen molar-refractivity contribution in [3.05, 3.63) is 12.1 Å². The summed E-state index contributed by atoms with van der Waals surface area (Å²) in [5.41, 5.74) is 0.221. The largest absolute Gasteiger partial charge is 0.496 e. The second-order valence-electron chi connectivity index (χ2n) is 8.17. The first-order valence-corrected chi connectivity index (χ1v) is 13.6. The van der Waals surface area contributed by atoms with Crippen LogP contribution in [-0.4, -0.2) is 41.5 Å². The number of urea groups is 1. The number of amides is 2. The lowest BCUT2D eigenvalue weighted by atomic mass is 10.1. The Bertz CT molecular complexity index is 773. The first kappa shape index (κ1) is 28.9. The minimum Gasteiger partial charge on any atom is -0.496 e. The third-order valence-electron chi connectivity index (χ3n) is 5.47. The van der Waals surface area contributed by atoms with Gasteiger partial charge < -0.3 is 19.5 Å².